The lowest BCUT2D eigenvalue weighted by atomic mass is 9.35. The second-order valence-corrected chi connectivity index (χ2v) is 25.3. The van der Waals surface area contributed by atoms with E-state index in [0.717, 1.165) is 24.8 Å². The Balaban J connectivity index is 1.01. The van der Waals surface area contributed by atoms with Crippen molar-refractivity contribution in [1.82, 2.24) is 0 Å². The Morgan fingerprint density at radius 2 is 1.16 bits per heavy atom. The molecule has 0 aromatic rings. The van der Waals surface area contributed by atoms with Crippen LogP contribution in [0.1, 0.15) is 113 Å². The molecule has 0 spiro atoms. The van der Waals surface area contributed by atoms with Crippen LogP contribution < -0.4 is 0 Å². The molecule has 29 atom stereocenters. The van der Waals surface area contributed by atoms with E-state index in [4.69, 9.17) is 37.9 Å². The first-order chi connectivity index (χ1) is 35.1. The number of aliphatic hydroxyl groups excluding tert-OH is 14. The zero-order valence-corrected chi connectivity index (χ0v) is 44.7. The zero-order chi connectivity index (χ0) is 55.1. The van der Waals surface area contributed by atoms with Gasteiger partial charge in [-0.2, -0.15) is 0 Å². The lowest BCUT2D eigenvalue weighted by molar-refractivity contribution is -0.378. The number of hydrogen-bond donors (Lipinski definition) is 14. The molecule has 8 rings (SSSR count). The average Bonchev–Trinajstić information content (AvgIpc) is 3.75. The van der Waals surface area contributed by atoms with Gasteiger partial charge in [0.15, 0.2) is 25.2 Å². The molecule has 8 aliphatic rings. The predicted octanol–water partition coefficient (Wildman–Crippen LogP) is -1.56. The largest absolute Gasteiger partial charge is 0.394 e. The number of ether oxygens (including phenoxy) is 8. The van der Waals surface area contributed by atoms with Gasteiger partial charge in [-0.05, 0) is 124 Å². The minimum atomic E-state index is -1.81. The number of allylic oxidation sites excluding steroid dienone is 2. The van der Waals surface area contributed by atoms with Gasteiger partial charge < -0.3 is 109 Å². The number of fused-ring (bicyclic) bond motifs is 5. The van der Waals surface area contributed by atoms with Gasteiger partial charge in [-0.15, -0.1) is 0 Å². The number of hydrogen-bond acceptors (Lipinski definition) is 22. The molecule has 4 heterocycles. The predicted molar refractivity (Wildman–Crippen MR) is 260 cm³/mol. The van der Waals surface area contributed by atoms with Gasteiger partial charge in [0.2, 0.25) is 0 Å². The summed E-state index contributed by atoms with van der Waals surface area (Å²) in [6.45, 7) is 15.1. The molecule has 0 amide bonds. The van der Waals surface area contributed by atoms with Gasteiger partial charge in [0.1, 0.15) is 91.6 Å². The van der Waals surface area contributed by atoms with Crippen molar-refractivity contribution in [2.45, 2.75) is 248 Å². The van der Waals surface area contributed by atoms with E-state index in [1.165, 1.54) is 0 Å². The summed E-state index contributed by atoms with van der Waals surface area (Å²) >= 11 is 0. The Morgan fingerprint density at radius 1 is 0.587 bits per heavy atom. The number of rotatable bonds is 15. The van der Waals surface area contributed by atoms with Crippen LogP contribution in [-0.4, -0.2) is 232 Å². The third kappa shape index (κ3) is 10.6. The molecule has 4 saturated heterocycles. The van der Waals surface area contributed by atoms with E-state index in [1.807, 2.05) is 20.8 Å². The SMILES string of the molecule is CC(C)=CCC[C@](C)(O[C@@H]1O[C@H](CO[C@@H]2OC[C@H](O)[C@H](O)[C@H]2O)[C@@H](O)[C@H](O)[C@H]1O)[C@H]1CC[C@]2(C)[C@H]1[C@H](O)C[C@H]1[C@@]3(C)CC[C@H](O[C@@H]4O[C@H](CO)[C@@H](O)[C@H](O)[C@H]4O[C@@H]4O[C@H](CO)[C@@H](O)[C@H](O)[C@H]4O)C(C)(C)[C@@H]3CC[C@]12C. The summed E-state index contributed by atoms with van der Waals surface area (Å²) in [5.41, 5.74) is -1.48. The van der Waals surface area contributed by atoms with Crippen LogP contribution in [-0.2, 0) is 37.9 Å². The van der Waals surface area contributed by atoms with E-state index < -0.39 is 165 Å². The van der Waals surface area contributed by atoms with Crippen LogP contribution in [0.5, 0.6) is 0 Å². The van der Waals surface area contributed by atoms with Gasteiger partial charge in [0, 0.05) is 0 Å². The fraction of sp³-hybridized carbons (Fsp3) is 0.962. The lowest BCUT2D eigenvalue weighted by Gasteiger charge is -2.71. The Kier molecular flexibility index (Phi) is 18.1. The normalized spacial score (nSPS) is 52.7. The number of aliphatic hydroxyl groups is 14. The van der Waals surface area contributed by atoms with Crippen molar-refractivity contribution in [3.05, 3.63) is 11.6 Å². The van der Waals surface area contributed by atoms with Gasteiger partial charge >= 0.3 is 0 Å². The van der Waals surface area contributed by atoms with E-state index in [0.29, 0.717) is 38.5 Å². The Morgan fingerprint density at radius 3 is 1.80 bits per heavy atom. The first kappa shape index (κ1) is 60.0. The zero-order valence-electron chi connectivity index (χ0n) is 44.7. The molecule has 434 valence electrons. The topological polar surface area (TPSA) is 357 Å². The maximum Gasteiger partial charge on any atom is 0.187 e. The molecule has 4 aliphatic heterocycles. The molecule has 0 bridgehead atoms. The lowest BCUT2D eigenvalue weighted by Crippen LogP contribution is -2.68. The highest BCUT2D eigenvalue weighted by Crippen LogP contribution is 2.76. The van der Waals surface area contributed by atoms with Gasteiger partial charge in [0.25, 0.3) is 0 Å². The Labute approximate surface area is 439 Å². The van der Waals surface area contributed by atoms with Crippen molar-refractivity contribution in [3.8, 4) is 0 Å². The molecule has 0 aromatic carbocycles. The summed E-state index contributed by atoms with van der Waals surface area (Å²) in [6, 6.07) is 0. The van der Waals surface area contributed by atoms with Crippen LogP contribution in [0.25, 0.3) is 0 Å². The first-order valence-electron chi connectivity index (χ1n) is 27.3. The molecule has 0 radical (unpaired) electrons. The minimum absolute atomic E-state index is 0.0508. The van der Waals surface area contributed by atoms with E-state index in [-0.39, 0.29) is 41.1 Å². The van der Waals surface area contributed by atoms with Crippen LogP contribution in [0.15, 0.2) is 11.6 Å². The summed E-state index contributed by atoms with van der Waals surface area (Å²) in [6.07, 6.45) is -22.6. The fourth-order valence-corrected chi connectivity index (χ4v) is 16.0. The van der Waals surface area contributed by atoms with Crippen LogP contribution in [0.4, 0.5) is 0 Å². The molecule has 8 fully saturated rings. The fourth-order valence-electron chi connectivity index (χ4n) is 16.0. The average molecular weight is 1080 g/mol. The maximum atomic E-state index is 12.8. The van der Waals surface area contributed by atoms with Crippen molar-refractivity contribution in [2.75, 3.05) is 26.4 Å². The monoisotopic (exact) mass is 1080 g/mol. The maximum absolute atomic E-state index is 12.8. The van der Waals surface area contributed by atoms with Crippen LogP contribution in [0.2, 0.25) is 0 Å². The van der Waals surface area contributed by atoms with Crippen LogP contribution >= 0.6 is 0 Å². The highest BCUT2D eigenvalue weighted by molar-refractivity contribution is 5.20. The molecular weight excluding hydrogens is 989 g/mol. The van der Waals surface area contributed by atoms with Crippen LogP contribution in [0.3, 0.4) is 0 Å². The van der Waals surface area contributed by atoms with Crippen molar-refractivity contribution in [1.29, 1.82) is 0 Å². The van der Waals surface area contributed by atoms with Crippen molar-refractivity contribution < 1.29 is 109 Å². The van der Waals surface area contributed by atoms with Gasteiger partial charge in [0.05, 0.1) is 44.2 Å². The molecule has 22 heteroatoms. The molecule has 14 N–H and O–H groups in total. The Hall–Kier alpha value is -1.14. The summed E-state index contributed by atoms with van der Waals surface area (Å²) in [5.74, 6) is -0.395. The molecule has 0 aromatic heterocycles. The van der Waals surface area contributed by atoms with E-state index in [1.54, 1.807) is 0 Å². The van der Waals surface area contributed by atoms with Gasteiger partial charge in [-0.25, -0.2) is 0 Å². The third-order valence-electron chi connectivity index (χ3n) is 20.5. The summed E-state index contributed by atoms with van der Waals surface area (Å²) in [7, 11) is 0. The highest BCUT2D eigenvalue weighted by Gasteiger charge is 2.72. The quantitative estimate of drug-likeness (QED) is 0.0651. The van der Waals surface area contributed by atoms with E-state index in [2.05, 4.69) is 40.7 Å². The first-order valence-corrected chi connectivity index (χ1v) is 27.3. The molecule has 0 unspecified atom stereocenters. The second-order valence-electron chi connectivity index (χ2n) is 25.3. The standard InChI is InChI=1S/C53H90O22/c1-23(2)10-9-14-53(8,75-47-43(67)39(63)37(61)29(72-47)22-69-45-41(65)34(58)26(57)21-68-45)24-11-16-52(7)33(24)25(56)18-31-50(5)15-13-32(49(3,4)30(50)12-17-51(31,52)6)73-48-44(40(64)36(60)28(20-55)71-48)74-46-42(66)38(62)35(59)27(19-54)70-46/h10,24-48,54-67H,9,11-22H2,1-8H3/t24-,25+,26-,27+,28+,29+,30-,31-,32-,33+,34-,35+,36+,37+,38-,39-,40-,41+,42+,43+,44+,45-,46-,47-,48-,50-,51+,52+,53-/m0/s1. The van der Waals surface area contributed by atoms with Crippen molar-refractivity contribution in [2.24, 2.45) is 45.3 Å². The molecule has 75 heavy (non-hydrogen) atoms. The van der Waals surface area contributed by atoms with E-state index >= 15 is 0 Å². The van der Waals surface area contributed by atoms with Crippen LogP contribution in [0, 0.1) is 45.3 Å². The smallest absolute Gasteiger partial charge is 0.187 e. The Bertz CT molecular complexity index is 1940. The van der Waals surface area contributed by atoms with E-state index in [9.17, 15) is 71.5 Å². The second kappa shape index (κ2) is 22.7. The van der Waals surface area contributed by atoms with Gasteiger partial charge in [-0.3, -0.25) is 0 Å². The van der Waals surface area contributed by atoms with Crippen molar-refractivity contribution >= 4 is 0 Å². The summed E-state index contributed by atoms with van der Waals surface area (Å²) in [5, 5.41) is 151. The summed E-state index contributed by atoms with van der Waals surface area (Å²) in [4.78, 5) is 0. The molecular formula is C53H90O22. The van der Waals surface area contributed by atoms with Crippen molar-refractivity contribution in [3.63, 3.8) is 0 Å². The molecule has 4 aliphatic carbocycles. The molecule has 22 nitrogen and oxygen atoms in total. The minimum Gasteiger partial charge on any atom is -0.394 e. The third-order valence-corrected chi connectivity index (χ3v) is 20.5. The molecule has 4 saturated carbocycles. The summed E-state index contributed by atoms with van der Waals surface area (Å²) < 4.78 is 48.8. The van der Waals surface area contributed by atoms with Gasteiger partial charge in [-0.1, -0.05) is 46.3 Å². The highest BCUT2D eigenvalue weighted by atomic mass is 16.8.